The number of thioether (sulfide) groups is 1. The Morgan fingerprint density at radius 3 is 2.09 bits per heavy atom. The van der Waals surface area contributed by atoms with Crippen molar-refractivity contribution in [2.24, 2.45) is 0 Å². The van der Waals surface area contributed by atoms with Crippen molar-refractivity contribution in [3.63, 3.8) is 0 Å². The van der Waals surface area contributed by atoms with Crippen LogP contribution >= 0.6 is 11.8 Å². The molecule has 3 rings (SSSR count). The van der Waals surface area contributed by atoms with Crippen LogP contribution in [0.4, 0.5) is 5.69 Å². The number of nitro benzene ring substituents is 1. The zero-order chi connectivity index (χ0) is 25.0. The van der Waals surface area contributed by atoms with E-state index in [1.165, 1.54) is 23.9 Å². The van der Waals surface area contributed by atoms with Crippen molar-refractivity contribution in [3.8, 4) is 0 Å². The van der Waals surface area contributed by atoms with Gasteiger partial charge in [-0.1, -0.05) is 72.8 Å². The number of rotatable bonds is 12. The molecule has 0 aliphatic heterocycles. The Labute approximate surface area is 209 Å². The van der Waals surface area contributed by atoms with E-state index in [0.717, 1.165) is 16.7 Å². The summed E-state index contributed by atoms with van der Waals surface area (Å²) in [4.78, 5) is 38.6. The maximum atomic E-state index is 13.5. The summed E-state index contributed by atoms with van der Waals surface area (Å²) in [6, 6.07) is 25.0. The second kappa shape index (κ2) is 13.3. The number of nitrogens with zero attached hydrogens (tertiary/aromatic N) is 2. The first-order valence-corrected chi connectivity index (χ1v) is 12.6. The molecule has 0 spiro atoms. The van der Waals surface area contributed by atoms with Crippen LogP contribution in [0.3, 0.4) is 0 Å². The lowest BCUT2D eigenvalue weighted by Gasteiger charge is -2.31. The van der Waals surface area contributed by atoms with Gasteiger partial charge in [0.25, 0.3) is 5.69 Å². The van der Waals surface area contributed by atoms with E-state index in [1.807, 2.05) is 67.6 Å². The monoisotopic (exact) mass is 491 g/mol. The molecule has 35 heavy (non-hydrogen) atoms. The van der Waals surface area contributed by atoms with Crippen LogP contribution in [0.2, 0.25) is 0 Å². The average Bonchev–Trinajstić information content (AvgIpc) is 2.87. The Kier molecular flexibility index (Phi) is 9.86. The fourth-order valence-corrected chi connectivity index (χ4v) is 4.55. The summed E-state index contributed by atoms with van der Waals surface area (Å²) in [7, 11) is 0. The molecule has 182 valence electrons. The van der Waals surface area contributed by atoms with E-state index in [2.05, 4.69) is 5.32 Å². The van der Waals surface area contributed by atoms with Crippen LogP contribution in [0.25, 0.3) is 0 Å². The van der Waals surface area contributed by atoms with Crippen LogP contribution in [-0.4, -0.2) is 40.0 Å². The fraction of sp³-hybridized carbons (Fsp3) is 0.259. The molecule has 2 amide bonds. The van der Waals surface area contributed by atoms with Gasteiger partial charge >= 0.3 is 0 Å². The third kappa shape index (κ3) is 7.96. The lowest BCUT2D eigenvalue weighted by molar-refractivity contribution is -0.384. The van der Waals surface area contributed by atoms with Gasteiger partial charge in [-0.25, -0.2) is 0 Å². The molecule has 1 N–H and O–H groups in total. The molecule has 0 aromatic heterocycles. The maximum absolute atomic E-state index is 13.5. The van der Waals surface area contributed by atoms with Gasteiger partial charge < -0.3 is 10.2 Å². The highest BCUT2D eigenvalue weighted by Crippen LogP contribution is 2.20. The molecule has 0 radical (unpaired) electrons. The van der Waals surface area contributed by atoms with E-state index < -0.39 is 11.0 Å². The number of benzene rings is 3. The molecular formula is C27H29N3O4S. The Hall–Kier alpha value is -3.65. The second-order valence-electron chi connectivity index (χ2n) is 8.02. The third-order valence-electron chi connectivity index (χ3n) is 5.46. The summed E-state index contributed by atoms with van der Waals surface area (Å²) in [5.41, 5.74) is 2.86. The molecule has 0 bridgehead atoms. The lowest BCUT2D eigenvalue weighted by Crippen LogP contribution is -2.51. The van der Waals surface area contributed by atoms with Gasteiger partial charge in [0, 0.05) is 37.4 Å². The number of carbonyl (C=O) groups is 2. The van der Waals surface area contributed by atoms with E-state index in [9.17, 15) is 19.7 Å². The molecule has 1 atom stereocenters. The molecule has 0 aliphatic rings. The van der Waals surface area contributed by atoms with Gasteiger partial charge in [0.05, 0.1) is 10.7 Å². The number of hydrogen-bond acceptors (Lipinski definition) is 5. The Morgan fingerprint density at radius 1 is 0.914 bits per heavy atom. The van der Waals surface area contributed by atoms with E-state index >= 15 is 0 Å². The van der Waals surface area contributed by atoms with Crippen molar-refractivity contribution >= 4 is 29.3 Å². The molecule has 8 heteroatoms. The molecule has 0 aliphatic carbocycles. The minimum absolute atomic E-state index is 0.0366. The van der Waals surface area contributed by atoms with E-state index in [1.54, 1.807) is 17.0 Å². The van der Waals surface area contributed by atoms with Crippen molar-refractivity contribution in [2.75, 3.05) is 12.3 Å². The largest absolute Gasteiger partial charge is 0.355 e. The van der Waals surface area contributed by atoms with Gasteiger partial charge in [-0.05, 0) is 23.6 Å². The third-order valence-corrected chi connectivity index (χ3v) is 6.45. The molecule has 0 unspecified atom stereocenters. The molecule has 7 nitrogen and oxygen atoms in total. The second-order valence-corrected chi connectivity index (χ2v) is 9.01. The molecule has 0 fully saturated rings. The van der Waals surface area contributed by atoms with Crippen LogP contribution in [0, 0.1) is 10.1 Å². The summed E-state index contributed by atoms with van der Waals surface area (Å²) >= 11 is 1.42. The van der Waals surface area contributed by atoms with Crippen molar-refractivity contribution < 1.29 is 14.5 Å². The predicted molar refractivity (Wildman–Crippen MR) is 139 cm³/mol. The Bertz CT molecular complexity index is 1110. The first kappa shape index (κ1) is 26.0. The maximum Gasteiger partial charge on any atom is 0.269 e. The fourth-order valence-electron chi connectivity index (χ4n) is 3.68. The van der Waals surface area contributed by atoms with E-state index in [0.29, 0.717) is 25.3 Å². The Balaban J connectivity index is 1.77. The van der Waals surface area contributed by atoms with Crippen LogP contribution in [0.15, 0.2) is 84.9 Å². The minimum Gasteiger partial charge on any atom is -0.355 e. The smallest absolute Gasteiger partial charge is 0.269 e. The van der Waals surface area contributed by atoms with Crippen molar-refractivity contribution in [1.29, 1.82) is 0 Å². The number of nitro groups is 1. The SMILES string of the molecule is CCNC(=O)[C@H](Cc1ccccc1)N(Cc1ccccc1)C(=O)CSCc1ccc([N+](=O)[O-])cc1. The standard InChI is InChI=1S/C27H29N3O4S/c1-2-28-27(32)25(17-21-9-5-3-6-10-21)29(18-22-11-7-4-8-12-22)26(31)20-35-19-23-13-15-24(16-14-23)30(33)34/h3-16,25H,2,17-20H2,1H3,(H,28,32)/t25-/m0/s1. The summed E-state index contributed by atoms with van der Waals surface area (Å²) in [5, 5.41) is 13.7. The number of likely N-dealkylation sites (N-methyl/N-ethyl adjacent to an activating group) is 1. The summed E-state index contributed by atoms with van der Waals surface area (Å²) in [6.45, 7) is 2.67. The van der Waals surface area contributed by atoms with Gasteiger partial charge in [0.15, 0.2) is 0 Å². The molecule has 0 saturated heterocycles. The van der Waals surface area contributed by atoms with E-state index in [4.69, 9.17) is 0 Å². The topological polar surface area (TPSA) is 92.6 Å². The quantitative estimate of drug-likeness (QED) is 0.295. The van der Waals surface area contributed by atoms with Gasteiger partial charge in [0.1, 0.15) is 6.04 Å². The predicted octanol–water partition coefficient (Wildman–Crippen LogP) is 4.60. The highest BCUT2D eigenvalue weighted by molar-refractivity contribution is 7.99. The van der Waals surface area contributed by atoms with Crippen molar-refractivity contribution in [1.82, 2.24) is 10.2 Å². The minimum atomic E-state index is -0.648. The molecule has 3 aromatic carbocycles. The summed E-state index contributed by atoms with van der Waals surface area (Å²) < 4.78 is 0. The molecule has 0 heterocycles. The number of amides is 2. The summed E-state index contributed by atoms with van der Waals surface area (Å²) in [5.74, 6) is 0.413. The number of non-ortho nitro benzene ring substituents is 1. The van der Waals surface area contributed by atoms with Gasteiger partial charge in [0.2, 0.25) is 11.8 Å². The first-order valence-electron chi connectivity index (χ1n) is 11.4. The number of carbonyl (C=O) groups excluding carboxylic acids is 2. The molecular weight excluding hydrogens is 462 g/mol. The number of hydrogen-bond donors (Lipinski definition) is 1. The van der Waals surface area contributed by atoms with Crippen molar-refractivity contribution in [2.45, 2.75) is 31.7 Å². The van der Waals surface area contributed by atoms with Gasteiger partial charge in [-0.2, -0.15) is 0 Å². The van der Waals surface area contributed by atoms with Gasteiger partial charge in [-0.3, -0.25) is 19.7 Å². The molecule has 0 saturated carbocycles. The highest BCUT2D eigenvalue weighted by Gasteiger charge is 2.30. The zero-order valence-electron chi connectivity index (χ0n) is 19.6. The Morgan fingerprint density at radius 2 is 1.51 bits per heavy atom. The van der Waals surface area contributed by atoms with Gasteiger partial charge in [-0.15, -0.1) is 11.8 Å². The normalized spacial score (nSPS) is 11.5. The van der Waals surface area contributed by atoms with Crippen LogP contribution in [-0.2, 0) is 28.3 Å². The molecule has 3 aromatic rings. The highest BCUT2D eigenvalue weighted by atomic mass is 32.2. The van der Waals surface area contributed by atoms with E-state index in [-0.39, 0.29) is 23.3 Å². The van der Waals surface area contributed by atoms with Crippen LogP contribution < -0.4 is 5.32 Å². The van der Waals surface area contributed by atoms with Crippen LogP contribution in [0.1, 0.15) is 23.6 Å². The van der Waals surface area contributed by atoms with Crippen molar-refractivity contribution in [3.05, 3.63) is 112 Å². The lowest BCUT2D eigenvalue weighted by atomic mass is 10.0. The average molecular weight is 492 g/mol. The first-order chi connectivity index (χ1) is 17.0. The van der Waals surface area contributed by atoms with Crippen LogP contribution in [0.5, 0.6) is 0 Å². The summed E-state index contributed by atoms with van der Waals surface area (Å²) in [6.07, 6.45) is 0.415. The number of nitrogens with one attached hydrogen (secondary N) is 1. The zero-order valence-corrected chi connectivity index (χ0v) is 20.4.